The van der Waals surface area contributed by atoms with Gasteiger partial charge in [0, 0.05) is 5.56 Å². The summed E-state index contributed by atoms with van der Waals surface area (Å²) in [5.41, 5.74) is 6.99. The Morgan fingerprint density at radius 1 is 0.706 bits per heavy atom. The highest BCUT2D eigenvalue weighted by atomic mass is 16.2. The lowest BCUT2D eigenvalue weighted by Gasteiger charge is -2.05. The molecule has 0 atom stereocenters. The van der Waals surface area contributed by atoms with Gasteiger partial charge in [-0.15, -0.1) is 10.2 Å². The first-order valence-corrected chi connectivity index (χ1v) is 10.4. The molecular formula is C24H18N8O2. The van der Waals surface area contributed by atoms with Crippen LogP contribution in [0.25, 0.3) is 22.8 Å². The predicted octanol–water partition coefficient (Wildman–Crippen LogP) is 2.59. The van der Waals surface area contributed by atoms with Gasteiger partial charge in [0.25, 0.3) is 5.91 Å². The van der Waals surface area contributed by atoms with Gasteiger partial charge < -0.3 is 0 Å². The molecule has 0 saturated heterocycles. The maximum atomic E-state index is 12.7. The summed E-state index contributed by atoms with van der Waals surface area (Å²) in [6.45, 7) is 0. The number of nitrogens with zero attached hydrogens (tertiary/aromatic N) is 6. The minimum atomic E-state index is -0.671. The molecule has 0 unspecified atom stereocenters. The van der Waals surface area contributed by atoms with Gasteiger partial charge in [0.2, 0.25) is 5.82 Å². The monoisotopic (exact) mass is 450 g/mol. The molecule has 10 heteroatoms. The average molecular weight is 450 g/mol. The molecule has 0 fully saturated rings. The molecular weight excluding hydrogens is 432 g/mol. The Kier molecular flexibility index (Phi) is 5.60. The molecule has 0 aliphatic heterocycles. The molecule has 10 nitrogen and oxygen atoms in total. The van der Waals surface area contributed by atoms with Crippen LogP contribution in [0.15, 0.2) is 97.2 Å². The number of amides is 2. The smallest absolute Gasteiger partial charge is 0.265 e. The standard InChI is InChI=1S/C24H18N8O2/c33-23(20-16-31(30-26-20)18-12-6-2-7-13-18)27-28-24(34)21-25-22(17-10-4-1-5-11-17)32(29-21)19-14-8-3-9-15-19/h1-16H,(H,27,33)(H,28,34). The number of carbonyl (C=O) groups excluding carboxylic acids is 2. The van der Waals surface area contributed by atoms with Crippen molar-refractivity contribution in [1.29, 1.82) is 0 Å². The zero-order chi connectivity index (χ0) is 23.3. The SMILES string of the molecule is O=C(NNC(=O)c1nc(-c2ccccc2)n(-c2ccccc2)n1)c1cn(-c2ccccc2)nn1. The number of aromatic nitrogens is 6. The number of rotatable bonds is 5. The number of hydrogen-bond acceptors (Lipinski definition) is 6. The van der Waals surface area contributed by atoms with Gasteiger partial charge in [0.1, 0.15) is 0 Å². The van der Waals surface area contributed by atoms with Crippen LogP contribution >= 0.6 is 0 Å². The molecule has 0 bridgehead atoms. The zero-order valence-corrected chi connectivity index (χ0v) is 17.7. The fraction of sp³-hybridized carbons (Fsp3) is 0. The van der Waals surface area contributed by atoms with E-state index in [1.54, 1.807) is 4.68 Å². The zero-order valence-electron chi connectivity index (χ0n) is 17.7. The molecule has 166 valence electrons. The quantitative estimate of drug-likeness (QED) is 0.397. The van der Waals surface area contributed by atoms with Crippen molar-refractivity contribution in [3.8, 4) is 22.8 Å². The molecule has 34 heavy (non-hydrogen) atoms. The van der Waals surface area contributed by atoms with Gasteiger partial charge in [0.05, 0.1) is 17.6 Å². The average Bonchev–Trinajstić information content (AvgIpc) is 3.57. The Morgan fingerprint density at radius 3 is 1.97 bits per heavy atom. The van der Waals surface area contributed by atoms with Gasteiger partial charge in [-0.25, -0.2) is 14.3 Å². The van der Waals surface area contributed by atoms with E-state index < -0.39 is 11.8 Å². The molecule has 0 aliphatic carbocycles. The Labute approximate surface area is 193 Å². The Bertz CT molecular complexity index is 1370. The summed E-state index contributed by atoms with van der Waals surface area (Å²) in [6, 6.07) is 28.0. The minimum absolute atomic E-state index is 0.0388. The van der Waals surface area contributed by atoms with Crippen molar-refractivity contribution in [3.05, 3.63) is 109 Å². The molecule has 2 heterocycles. The first kappa shape index (κ1) is 20.8. The second-order valence-corrected chi connectivity index (χ2v) is 7.16. The van der Waals surface area contributed by atoms with E-state index in [2.05, 4.69) is 31.2 Å². The molecule has 3 aromatic carbocycles. The molecule has 0 aliphatic rings. The van der Waals surface area contributed by atoms with Crippen molar-refractivity contribution >= 4 is 11.8 Å². The van der Waals surface area contributed by atoms with Crippen LogP contribution in [0.2, 0.25) is 0 Å². The van der Waals surface area contributed by atoms with Crippen LogP contribution in [0.4, 0.5) is 0 Å². The fourth-order valence-corrected chi connectivity index (χ4v) is 3.24. The molecule has 5 aromatic rings. The van der Waals surface area contributed by atoms with Crippen molar-refractivity contribution in [2.45, 2.75) is 0 Å². The van der Waals surface area contributed by atoms with Crippen LogP contribution in [-0.2, 0) is 0 Å². The van der Waals surface area contributed by atoms with Gasteiger partial charge in [-0.2, -0.15) is 0 Å². The van der Waals surface area contributed by atoms with Gasteiger partial charge in [-0.05, 0) is 24.3 Å². The van der Waals surface area contributed by atoms with E-state index in [0.717, 1.165) is 16.9 Å². The number of hydrazine groups is 1. The van der Waals surface area contributed by atoms with Crippen LogP contribution in [0, 0.1) is 0 Å². The van der Waals surface area contributed by atoms with Crippen molar-refractivity contribution < 1.29 is 9.59 Å². The predicted molar refractivity (Wildman–Crippen MR) is 123 cm³/mol. The molecule has 0 spiro atoms. The normalized spacial score (nSPS) is 10.6. The van der Waals surface area contributed by atoms with Crippen molar-refractivity contribution in [1.82, 2.24) is 40.6 Å². The largest absolute Gasteiger partial charge is 0.309 e. The number of carbonyl (C=O) groups is 2. The fourth-order valence-electron chi connectivity index (χ4n) is 3.24. The Hall–Kier alpha value is -5.12. The molecule has 5 rings (SSSR count). The van der Waals surface area contributed by atoms with Crippen molar-refractivity contribution in [2.24, 2.45) is 0 Å². The lowest BCUT2D eigenvalue weighted by Crippen LogP contribution is -2.42. The molecule has 0 radical (unpaired) electrons. The summed E-state index contributed by atoms with van der Waals surface area (Å²) in [6.07, 6.45) is 1.46. The molecule has 0 saturated carbocycles. The van der Waals surface area contributed by atoms with E-state index in [1.807, 2.05) is 91.0 Å². The van der Waals surface area contributed by atoms with Crippen molar-refractivity contribution in [3.63, 3.8) is 0 Å². The molecule has 2 aromatic heterocycles. The van der Waals surface area contributed by atoms with Gasteiger partial charge in [-0.1, -0.05) is 71.9 Å². The number of nitrogens with one attached hydrogen (secondary N) is 2. The van der Waals surface area contributed by atoms with Crippen molar-refractivity contribution in [2.75, 3.05) is 0 Å². The van der Waals surface area contributed by atoms with E-state index in [-0.39, 0.29) is 11.5 Å². The third-order valence-corrected chi connectivity index (χ3v) is 4.88. The van der Waals surface area contributed by atoms with Crippen LogP contribution < -0.4 is 10.9 Å². The topological polar surface area (TPSA) is 120 Å². The van der Waals surface area contributed by atoms with E-state index in [0.29, 0.717) is 5.82 Å². The lowest BCUT2D eigenvalue weighted by atomic mass is 10.2. The van der Waals surface area contributed by atoms with Crippen LogP contribution in [-0.4, -0.2) is 41.6 Å². The second-order valence-electron chi connectivity index (χ2n) is 7.16. The van der Waals surface area contributed by atoms with Gasteiger partial charge >= 0.3 is 5.91 Å². The highest BCUT2D eigenvalue weighted by Crippen LogP contribution is 2.20. The summed E-state index contributed by atoms with van der Waals surface area (Å²) in [5, 5.41) is 12.2. The highest BCUT2D eigenvalue weighted by Gasteiger charge is 2.20. The van der Waals surface area contributed by atoms with E-state index in [9.17, 15) is 9.59 Å². The first-order valence-electron chi connectivity index (χ1n) is 10.4. The summed E-state index contributed by atoms with van der Waals surface area (Å²) in [5.74, 6) is -0.901. The summed E-state index contributed by atoms with van der Waals surface area (Å²) < 4.78 is 3.05. The molecule has 2 N–H and O–H groups in total. The second kappa shape index (κ2) is 9.17. The van der Waals surface area contributed by atoms with Crippen LogP contribution in [0.1, 0.15) is 21.1 Å². The van der Waals surface area contributed by atoms with Crippen LogP contribution in [0.5, 0.6) is 0 Å². The maximum absolute atomic E-state index is 12.7. The summed E-state index contributed by atoms with van der Waals surface area (Å²) in [7, 11) is 0. The highest BCUT2D eigenvalue weighted by molar-refractivity contribution is 5.96. The van der Waals surface area contributed by atoms with E-state index in [1.165, 1.54) is 10.9 Å². The Morgan fingerprint density at radius 2 is 1.29 bits per heavy atom. The number of hydrogen-bond donors (Lipinski definition) is 2. The third kappa shape index (κ3) is 4.28. The Balaban J connectivity index is 1.34. The lowest BCUT2D eigenvalue weighted by molar-refractivity contribution is 0.0838. The minimum Gasteiger partial charge on any atom is -0.265 e. The van der Waals surface area contributed by atoms with Crippen LogP contribution in [0.3, 0.4) is 0 Å². The maximum Gasteiger partial charge on any atom is 0.309 e. The van der Waals surface area contributed by atoms with Gasteiger partial charge in [0.15, 0.2) is 11.5 Å². The number of para-hydroxylation sites is 2. The van der Waals surface area contributed by atoms with Gasteiger partial charge in [-0.3, -0.25) is 20.4 Å². The summed E-state index contributed by atoms with van der Waals surface area (Å²) in [4.78, 5) is 29.6. The first-order chi connectivity index (χ1) is 16.7. The van der Waals surface area contributed by atoms with E-state index in [4.69, 9.17) is 0 Å². The summed E-state index contributed by atoms with van der Waals surface area (Å²) >= 11 is 0. The number of benzene rings is 3. The molecule has 2 amide bonds. The third-order valence-electron chi connectivity index (χ3n) is 4.88. The van der Waals surface area contributed by atoms with E-state index >= 15 is 0 Å².